The molecule has 1 aromatic heterocycles. The molecule has 0 radical (unpaired) electrons. The molecule has 2 rings (SSSR count). The minimum atomic E-state index is -0.843. The van der Waals surface area contributed by atoms with Crippen LogP contribution in [0.3, 0.4) is 0 Å². The van der Waals surface area contributed by atoms with Crippen LogP contribution in [0.1, 0.15) is 44.3 Å². The molecule has 1 amide bonds. The van der Waals surface area contributed by atoms with Crippen molar-refractivity contribution in [2.45, 2.75) is 64.4 Å². The lowest BCUT2D eigenvalue weighted by atomic mass is 10.1. The predicted molar refractivity (Wildman–Crippen MR) is 91.1 cm³/mol. The molecule has 1 fully saturated rings. The number of ether oxygens (including phenoxy) is 3. The van der Waals surface area contributed by atoms with Crippen LogP contribution >= 0.6 is 0 Å². The van der Waals surface area contributed by atoms with E-state index in [1.807, 2.05) is 27.7 Å². The summed E-state index contributed by atoms with van der Waals surface area (Å²) in [5.41, 5.74) is 14.4. The van der Waals surface area contributed by atoms with Crippen molar-refractivity contribution in [2.75, 3.05) is 12.3 Å². The van der Waals surface area contributed by atoms with Gasteiger partial charge < -0.3 is 25.1 Å². The van der Waals surface area contributed by atoms with Crippen molar-refractivity contribution in [1.29, 1.82) is 0 Å². The molecule has 1 aliphatic rings. The number of carbonyl (C=O) groups is 1. The topological polar surface area (TPSA) is 158 Å². The number of rotatable bonds is 7. The highest BCUT2D eigenvalue weighted by Crippen LogP contribution is 2.36. The Bertz CT molecular complexity index is 684. The van der Waals surface area contributed by atoms with Gasteiger partial charge in [0.15, 0.2) is 6.23 Å². The maximum Gasteiger partial charge on any atom is 0.254 e. The highest BCUT2D eigenvalue weighted by atomic mass is 16.6. The zero-order chi connectivity index (χ0) is 19.4. The van der Waals surface area contributed by atoms with Gasteiger partial charge >= 0.3 is 0 Å². The lowest BCUT2D eigenvalue weighted by molar-refractivity contribution is -0.114. The third-order valence-electron chi connectivity index (χ3n) is 3.77. The molecule has 0 aromatic carbocycles. The molecule has 2 heterocycles. The Kier molecular flexibility index (Phi) is 6.57. The van der Waals surface area contributed by atoms with E-state index in [4.69, 9.17) is 25.5 Å². The van der Waals surface area contributed by atoms with E-state index in [9.17, 15) is 9.90 Å². The van der Waals surface area contributed by atoms with E-state index >= 15 is 0 Å². The van der Waals surface area contributed by atoms with E-state index < -0.39 is 30.4 Å². The van der Waals surface area contributed by atoms with Gasteiger partial charge in [0.1, 0.15) is 24.1 Å². The van der Waals surface area contributed by atoms with Gasteiger partial charge in [-0.1, -0.05) is 0 Å². The Labute approximate surface area is 150 Å². The predicted octanol–water partition coefficient (Wildman–Crippen LogP) is 1.39. The van der Waals surface area contributed by atoms with Gasteiger partial charge in [-0.2, -0.15) is 5.10 Å². The van der Waals surface area contributed by atoms with Crippen molar-refractivity contribution >= 4 is 11.7 Å². The smallest absolute Gasteiger partial charge is 0.254 e. The molecule has 0 aliphatic carbocycles. The summed E-state index contributed by atoms with van der Waals surface area (Å²) in [5.74, 6) is -0.865. The number of carbonyl (C=O) groups excluding carboxylic acids is 1. The fraction of sp³-hybridized carbons (Fsp3) is 0.733. The Morgan fingerprint density at radius 2 is 2.04 bits per heavy atom. The molecule has 0 unspecified atom stereocenters. The van der Waals surface area contributed by atoms with Gasteiger partial charge in [-0.05, 0) is 38.3 Å². The van der Waals surface area contributed by atoms with Crippen molar-refractivity contribution in [3.8, 4) is 0 Å². The van der Waals surface area contributed by atoms with Crippen LogP contribution in [0.4, 0.5) is 5.82 Å². The number of hydrogen-bond donors (Lipinski definition) is 2. The summed E-state index contributed by atoms with van der Waals surface area (Å²) in [7, 11) is 0. The molecule has 0 spiro atoms. The van der Waals surface area contributed by atoms with Crippen LogP contribution in [0.15, 0.2) is 11.3 Å². The zero-order valence-corrected chi connectivity index (χ0v) is 15.1. The molecule has 1 aliphatic heterocycles. The third kappa shape index (κ3) is 4.14. The Balaban J connectivity index is 2.39. The van der Waals surface area contributed by atoms with Crippen LogP contribution in [-0.2, 0) is 14.2 Å². The highest BCUT2D eigenvalue weighted by molar-refractivity contribution is 5.98. The lowest BCUT2D eigenvalue weighted by Gasteiger charge is -2.27. The van der Waals surface area contributed by atoms with E-state index in [1.54, 1.807) is 0 Å². The van der Waals surface area contributed by atoms with Crippen LogP contribution in [0, 0.1) is 0 Å². The van der Waals surface area contributed by atoms with Gasteiger partial charge in [0, 0.05) is 4.91 Å². The first kappa shape index (κ1) is 20.1. The van der Waals surface area contributed by atoms with Crippen LogP contribution in [0.25, 0.3) is 10.4 Å². The van der Waals surface area contributed by atoms with Crippen LogP contribution in [0.2, 0.25) is 0 Å². The Hall–Kier alpha value is -2.17. The van der Waals surface area contributed by atoms with E-state index in [-0.39, 0.29) is 30.2 Å². The minimum absolute atomic E-state index is 0.0216. The van der Waals surface area contributed by atoms with Gasteiger partial charge in [-0.15, -0.1) is 0 Å². The second-order valence-electron chi connectivity index (χ2n) is 6.43. The van der Waals surface area contributed by atoms with Crippen LogP contribution in [0.5, 0.6) is 0 Å². The molecule has 1 aromatic rings. The monoisotopic (exact) mass is 368 g/mol. The summed E-state index contributed by atoms with van der Waals surface area (Å²) in [4.78, 5) is 14.3. The standard InChI is InChI=1S/C15H24N6O5/c1-7(2)24-11-10(6-22)26-15(12(11)25-8(3)4)21-13(16)9(5-18-21)14(23)19-20-17/h5,7-8,10-12,15,22H,6,16H2,1-4H3/t10-,11-,12-,15-/m1/s1. The minimum Gasteiger partial charge on any atom is -0.394 e. The van der Waals surface area contributed by atoms with Gasteiger partial charge in [-0.3, -0.25) is 4.79 Å². The first-order chi connectivity index (χ1) is 12.3. The number of nitrogens with zero attached hydrogens (tertiary/aromatic N) is 5. The number of hydrogen-bond acceptors (Lipinski definition) is 7. The van der Waals surface area contributed by atoms with Crippen molar-refractivity contribution in [1.82, 2.24) is 9.78 Å². The molecule has 144 valence electrons. The quantitative estimate of drug-likeness (QED) is 0.418. The second-order valence-corrected chi connectivity index (χ2v) is 6.43. The van der Waals surface area contributed by atoms with Crippen molar-refractivity contribution < 1.29 is 24.1 Å². The summed E-state index contributed by atoms with van der Waals surface area (Å²) in [6.45, 7) is 7.18. The second kappa shape index (κ2) is 8.47. The number of aliphatic hydroxyl groups excluding tert-OH is 1. The molecule has 0 bridgehead atoms. The number of azide groups is 1. The Morgan fingerprint density at radius 3 is 2.58 bits per heavy atom. The molecule has 11 nitrogen and oxygen atoms in total. The number of nitrogen functional groups attached to an aromatic ring is 1. The van der Waals surface area contributed by atoms with E-state index in [0.29, 0.717) is 0 Å². The summed E-state index contributed by atoms with van der Waals surface area (Å²) >= 11 is 0. The van der Waals surface area contributed by atoms with Gasteiger partial charge in [0.05, 0.1) is 30.6 Å². The number of anilines is 1. The summed E-state index contributed by atoms with van der Waals surface area (Å²) in [6.07, 6.45) is -1.69. The first-order valence-corrected chi connectivity index (χ1v) is 8.29. The normalized spacial score (nSPS) is 25.7. The van der Waals surface area contributed by atoms with Crippen LogP contribution in [-0.4, -0.2) is 57.9 Å². The number of nitrogens with two attached hydrogens (primary N) is 1. The maximum atomic E-state index is 11.8. The third-order valence-corrected chi connectivity index (χ3v) is 3.77. The lowest BCUT2D eigenvalue weighted by Crippen LogP contribution is -2.41. The zero-order valence-electron chi connectivity index (χ0n) is 15.1. The molecule has 3 N–H and O–H groups in total. The first-order valence-electron chi connectivity index (χ1n) is 8.29. The van der Waals surface area contributed by atoms with Gasteiger partial charge in [0.25, 0.3) is 5.91 Å². The summed E-state index contributed by atoms with van der Waals surface area (Å²) in [6, 6.07) is 0. The molecular formula is C15H24N6O5. The van der Waals surface area contributed by atoms with E-state index in [2.05, 4.69) is 15.1 Å². The van der Waals surface area contributed by atoms with Gasteiger partial charge in [-0.25, -0.2) is 4.68 Å². The fourth-order valence-electron chi connectivity index (χ4n) is 2.82. The van der Waals surface area contributed by atoms with Crippen LogP contribution < -0.4 is 5.73 Å². The molecule has 26 heavy (non-hydrogen) atoms. The number of amides is 1. The molecule has 4 atom stereocenters. The molecule has 1 saturated heterocycles. The molecular weight excluding hydrogens is 344 g/mol. The van der Waals surface area contributed by atoms with E-state index in [1.165, 1.54) is 10.9 Å². The number of aliphatic hydroxyl groups is 1. The van der Waals surface area contributed by atoms with Crippen molar-refractivity contribution in [2.24, 2.45) is 5.11 Å². The summed E-state index contributed by atoms with van der Waals surface area (Å²) in [5, 5.41) is 16.8. The maximum absolute atomic E-state index is 11.8. The highest BCUT2D eigenvalue weighted by Gasteiger charge is 2.48. The SMILES string of the molecule is CC(C)O[C@@H]1[C@H](OC(C)C)[C@@H](CO)O[C@H]1n1ncc(C(=O)N=[N+]=[N-])c1N. The Morgan fingerprint density at radius 1 is 1.42 bits per heavy atom. The average molecular weight is 368 g/mol. The number of aromatic nitrogens is 2. The van der Waals surface area contributed by atoms with Gasteiger partial charge in [0.2, 0.25) is 0 Å². The fourth-order valence-corrected chi connectivity index (χ4v) is 2.82. The van der Waals surface area contributed by atoms with Crippen molar-refractivity contribution in [3.63, 3.8) is 0 Å². The molecule has 0 saturated carbocycles. The van der Waals surface area contributed by atoms with E-state index in [0.717, 1.165) is 0 Å². The largest absolute Gasteiger partial charge is 0.394 e. The summed E-state index contributed by atoms with van der Waals surface area (Å²) < 4.78 is 19.0. The molecule has 11 heteroatoms. The average Bonchev–Trinajstić information content (AvgIpc) is 3.08. The van der Waals surface area contributed by atoms with Crippen molar-refractivity contribution in [3.05, 3.63) is 22.2 Å².